The predicted molar refractivity (Wildman–Crippen MR) is 176 cm³/mol. The SMILES string of the molecule is Cc1ccc(N(c2ccc(C)cc2)c2ccc(C)cc2)cc1.c1ccc(N(c2ccccc2)c2ccccc2)cc1. The molecule has 0 radical (unpaired) electrons. The lowest BCUT2D eigenvalue weighted by atomic mass is 10.1. The zero-order chi connectivity index (χ0) is 28.4. The van der Waals surface area contributed by atoms with Gasteiger partial charge in [0, 0.05) is 34.1 Å². The standard InChI is InChI=1S/C21H21N.C18H15N/c1-16-4-10-19(11-5-16)22(20-12-6-17(2)7-13-20)21-14-8-18(3)9-15-21;1-4-10-16(11-5-1)19(17-12-6-2-7-13-17)18-14-8-3-9-15-18/h4-15H,1-3H3;1-15H. The minimum Gasteiger partial charge on any atom is -0.311 e. The van der Waals surface area contributed by atoms with Gasteiger partial charge < -0.3 is 9.80 Å². The summed E-state index contributed by atoms with van der Waals surface area (Å²) in [6.45, 7) is 6.35. The molecule has 0 aromatic heterocycles. The summed E-state index contributed by atoms with van der Waals surface area (Å²) in [5.74, 6) is 0. The lowest BCUT2D eigenvalue weighted by Crippen LogP contribution is -2.09. The van der Waals surface area contributed by atoms with Gasteiger partial charge in [-0.1, -0.05) is 108 Å². The highest BCUT2D eigenvalue weighted by Gasteiger charge is 2.12. The molecular weight excluding hydrogens is 496 g/mol. The number of hydrogen-bond acceptors (Lipinski definition) is 2. The molecule has 0 bridgehead atoms. The maximum atomic E-state index is 2.29. The van der Waals surface area contributed by atoms with Crippen LogP contribution in [0.5, 0.6) is 0 Å². The summed E-state index contributed by atoms with van der Waals surface area (Å²) in [4.78, 5) is 4.54. The number of nitrogens with zero attached hydrogens (tertiary/aromatic N) is 2. The summed E-state index contributed by atoms with van der Waals surface area (Å²) >= 11 is 0. The Bertz CT molecular complexity index is 1410. The molecule has 0 saturated heterocycles. The van der Waals surface area contributed by atoms with Crippen LogP contribution in [0.3, 0.4) is 0 Å². The molecule has 0 N–H and O–H groups in total. The highest BCUT2D eigenvalue weighted by molar-refractivity contribution is 5.77. The molecule has 202 valence electrons. The van der Waals surface area contributed by atoms with Gasteiger partial charge in [-0.25, -0.2) is 0 Å². The molecule has 0 atom stereocenters. The fourth-order valence-electron chi connectivity index (χ4n) is 4.71. The molecular formula is C39H36N2. The Kier molecular flexibility index (Phi) is 8.93. The van der Waals surface area contributed by atoms with Crippen LogP contribution in [0.4, 0.5) is 34.1 Å². The summed E-state index contributed by atoms with van der Waals surface area (Å²) in [6, 6.07) is 57.2. The number of hydrogen-bond donors (Lipinski definition) is 0. The normalized spacial score (nSPS) is 10.3. The summed E-state index contributed by atoms with van der Waals surface area (Å²) in [7, 11) is 0. The zero-order valence-corrected chi connectivity index (χ0v) is 24.0. The first-order valence-corrected chi connectivity index (χ1v) is 14.0. The molecule has 0 aliphatic heterocycles. The van der Waals surface area contributed by atoms with E-state index in [4.69, 9.17) is 0 Å². The number of rotatable bonds is 6. The van der Waals surface area contributed by atoms with Crippen molar-refractivity contribution in [2.75, 3.05) is 9.80 Å². The van der Waals surface area contributed by atoms with Crippen LogP contribution in [0.15, 0.2) is 164 Å². The maximum Gasteiger partial charge on any atom is 0.0461 e. The first-order valence-electron chi connectivity index (χ1n) is 14.0. The molecule has 6 aromatic rings. The Morgan fingerprint density at radius 3 is 0.659 bits per heavy atom. The molecule has 6 rings (SSSR count). The predicted octanol–water partition coefficient (Wildman–Crippen LogP) is 11.2. The van der Waals surface area contributed by atoms with Gasteiger partial charge in [-0.05, 0) is 93.6 Å². The van der Waals surface area contributed by atoms with Crippen molar-refractivity contribution in [3.8, 4) is 0 Å². The molecule has 0 amide bonds. The van der Waals surface area contributed by atoms with E-state index in [1.54, 1.807) is 0 Å². The van der Waals surface area contributed by atoms with Crippen molar-refractivity contribution >= 4 is 34.1 Å². The monoisotopic (exact) mass is 532 g/mol. The van der Waals surface area contributed by atoms with Gasteiger partial charge in [-0.2, -0.15) is 0 Å². The molecule has 0 spiro atoms. The fraction of sp³-hybridized carbons (Fsp3) is 0.0769. The molecule has 0 aliphatic carbocycles. The van der Waals surface area contributed by atoms with Crippen molar-refractivity contribution < 1.29 is 0 Å². The number of para-hydroxylation sites is 3. The number of benzene rings is 6. The zero-order valence-electron chi connectivity index (χ0n) is 24.0. The maximum absolute atomic E-state index is 2.29. The van der Waals surface area contributed by atoms with Crippen LogP contribution in [0.2, 0.25) is 0 Å². The van der Waals surface area contributed by atoms with Crippen molar-refractivity contribution in [1.82, 2.24) is 0 Å². The first-order chi connectivity index (χ1) is 20.1. The van der Waals surface area contributed by atoms with Gasteiger partial charge in [-0.3, -0.25) is 0 Å². The third-order valence-electron chi connectivity index (χ3n) is 6.92. The average molecular weight is 533 g/mol. The Balaban J connectivity index is 0.000000166. The van der Waals surface area contributed by atoms with Gasteiger partial charge in [0.2, 0.25) is 0 Å². The van der Waals surface area contributed by atoms with E-state index in [-0.39, 0.29) is 0 Å². The van der Waals surface area contributed by atoms with Gasteiger partial charge in [-0.15, -0.1) is 0 Å². The summed E-state index contributed by atoms with van der Waals surface area (Å²) in [5, 5.41) is 0. The summed E-state index contributed by atoms with van der Waals surface area (Å²) < 4.78 is 0. The van der Waals surface area contributed by atoms with E-state index in [0.717, 1.165) is 0 Å². The van der Waals surface area contributed by atoms with E-state index < -0.39 is 0 Å². The third kappa shape index (κ3) is 7.12. The first kappa shape index (κ1) is 27.5. The van der Waals surface area contributed by atoms with E-state index in [9.17, 15) is 0 Å². The molecule has 0 saturated carbocycles. The van der Waals surface area contributed by atoms with Crippen molar-refractivity contribution in [3.05, 3.63) is 180 Å². The third-order valence-corrected chi connectivity index (χ3v) is 6.92. The van der Waals surface area contributed by atoms with E-state index in [2.05, 4.69) is 176 Å². The second-order valence-corrected chi connectivity index (χ2v) is 10.2. The van der Waals surface area contributed by atoms with Crippen LogP contribution in [0.25, 0.3) is 0 Å². The molecule has 2 heteroatoms. The highest BCUT2D eigenvalue weighted by Crippen LogP contribution is 2.35. The summed E-state index contributed by atoms with van der Waals surface area (Å²) in [6.07, 6.45) is 0. The van der Waals surface area contributed by atoms with Crippen LogP contribution in [-0.2, 0) is 0 Å². The Hall–Kier alpha value is -5.08. The molecule has 6 aromatic carbocycles. The van der Waals surface area contributed by atoms with Gasteiger partial charge in [0.25, 0.3) is 0 Å². The lowest BCUT2D eigenvalue weighted by molar-refractivity contribution is 1.26. The van der Waals surface area contributed by atoms with E-state index in [1.165, 1.54) is 50.8 Å². The van der Waals surface area contributed by atoms with Crippen molar-refractivity contribution in [1.29, 1.82) is 0 Å². The fourth-order valence-corrected chi connectivity index (χ4v) is 4.71. The van der Waals surface area contributed by atoms with Gasteiger partial charge in [0.05, 0.1) is 0 Å². The minimum atomic E-state index is 1.17. The lowest BCUT2D eigenvalue weighted by Gasteiger charge is -2.25. The van der Waals surface area contributed by atoms with Crippen molar-refractivity contribution in [2.45, 2.75) is 20.8 Å². The molecule has 0 heterocycles. The van der Waals surface area contributed by atoms with Crippen LogP contribution in [-0.4, -0.2) is 0 Å². The van der Waals surface area contributed by atoms with Crippen molar-refractivity contribution in [2.24, 2.45) is 0 Å². The topological polar surface area (TPSA) is 6.48 Å². The number of aryl methyl sites for hydroxylation is 3. The molecule has 41 heavy (non-hydrogen) atoms. The number of anilines is 6. The van der Waals surface area contributed by atoms with Crippen LogP contribution in [0, 0.1) is 20.8 Å². The summed E-state index contributed by atoms with van der Waals surface area (Å²) in [5.41, 5.74) is 10.9. The van der Waals surface area contributed by atoms with Gasteiger partial charge in [0.1, 0.15) is 0 Å². The molecule has 2 nitrogen and oxygen atoms in total. The quantitative estimate of drug-likeness (QED) is 0.210. The molecule has 0 aliphatic rings. The van der Waals surface area contributed by atoms with Gasteiger partial charge >= 0.3 is 0 Å². The largest absolute Gasteiger partial charge is 0.311 e. The molecule has 0 unspecified atom stereocenters. The van der Waals surface area contributed by atoms with Crippen LogP contribution < -0.4 is 9.80 Å². The highest BCUT2D eigenvalue weighted by atomic mass is 15.1. The van der Waals surface area contributed by atoms with Gasteiger partial charge in [0.15, 0.2) is 0 Å². The smallest absolute Gasteiger partial charge is 0.0461 e. The van der Waals surface area contributed by atoms with Crippen LogP contribution >= 0.6 is 0 Å². The second-order valence-electron chi connectivity index (χ2n) is 10.2. The average Bonchev–Trinajstić information content (AvgIpc) is 3.02. The van der Waals surface area contributed by atoms with E-state index in [1.807, 2.05) is 18.2 Å². The van der Waals surface area contributed by atoms with E-state index in [0.29, 0.717) is 0 Å². The second kappa shape index (κ2) is 13.3. The van der Waals surface area contributed by atoms with E-state index >= 15 is 0 Å². The molecule has 0 fully saturated rings. The minimum absolute atomic E-state index is 1.17. The van der Waals surface area contributed by atoms with Crippen molar-refractivity contribution in [3.63, 3.8) is 0 Å². The Morgan fingerprint density at radius 1 is 0.244 bits per heavy atom. The van der Waals surface area contributed by atoms with Crippen LogP contribution in [0.1, 0.15) is 16.7 Å². The Morgan fingerprint density at radius 2 is 0.439 bits per heavy atom. The Labute approximate surface area is 244 Å².